The van der Waals surface area contributed by atoms with Crippen LogP contribution in [0.5, 0.6) is 0 Å². The fraction of sp³-hybridized carbons (Fsp3) is 0.368. The van der Waals surface area contributed by atoms with Crippen molar-refractivity contribution in [3.05, 3.63) is 54.0 Å². The van der Waals surface area contributed by atoms with Crippen molar-refractivity contribution in [2.45, 2.75) is 33.1 Å². The van der Waals surface area contributed by atoms with E-state index in [1.165, 1.54) is 12.1 Å². The molecule has 0 spiro atoms. The zero-order chi connectivity index (χ0) is 17.4. The van der Waals surface area contributed by atoms with Crippen LogP contribution in [0, 0.1) is 11.7 Å². The minimum Gasteiger partial charge on any atom is -0.370 e. The lowest BCUT2D eigenvalue weighted by atomic mass is 10.0. The monoisotopic (exact) mass is 329 g/mol. The predicted molar refractivity (Wildman–Crippen MR) is 95.5 cm³/mol. The van der Waals surface area contributed by atoms with Crippen LogP contribution in [0.1, 0.15) is 32.3 Å². The van der Waals surface area contributed by atoms with E-state index in [-0.39, 0.29) is 17.6 Å². The molecule has 0 bridgehead atoms. The van der Waals surface area contributed by atoms with Crippen molar-refractivity contribution in [1.82, 2.24) is 4.98 Å². The summed E-state index contributed by atoms with van der Waals surface area (Å²) >= 11 is 0. The van der Waals surface area contributed by atoms with Gasteiger partial charge in [0.15, 0.2) is 0 Å². The Balaban J connectivity index is 1.81. The number of hydrogen-bond acceptors (Lipinski definition) is 3. The second kappa shape index (κ2) is 9.01. The quantitative estimate of drug-likeness (QED) is 0.761. The van der Waals surface area contributed by atoms with Gasteiger partial charge in [-0.2, -0.15) is 0 Å². The maximum absolute atomic E-state index is 12.8. The number of carbonyl (C=O) groups is 1. The zero-order valence-corrected chi connectivity index (χ0v) is 14.2. The van der Waals surface area contributed by atoms with Gasteiger partial charge in [-0.15, -0.1) is 0 Å². The number of pyridine rings is 1. The number of amides is 1. The van der Waals surface area contributed by atoms with E-state index in [0.717, 1.165) is 30.6 Å². The number of hydrogen-bond donors (Lipinski definition) is 2. The number of halogens is 1. The summed E-state index contributed by atoms with van der Waals surface area (Å²) in [6.07, 6.45) is 4.10. The molecule has 24 heavy (non-hydrogen) atoms. The first kappa shape index (κ1) is 17.9. The Kier molecular flexibility index (Phi) is 6.73. The molecule has 1 amide bonds. The van der Waals surface area contributed by atoms with Gasteiger partial charge in [0.05, 0.1) is 11.9 Å². The lowest BCUT2D eigenvalue weighted by molar-refractivity contribution is -0.120. The highest BCUT2D eigenvalue weighted by Gasteiger charge is 2.13. The Morgan fingerprint density at radius 3 is 2.42 bits per heavy atom. The van der Waals surface area contributed by atoms with Crippen molar-refractivity contribution >= 4 is 17.4 Å². The van der Waals surface area contributed by atoms with Gasteiger partial charge < -0.3 is 10.6 Å². The average Bonchev–Trinajstić information content (AvgIpc) is 2.59. The molecule has 2 N–H and O–H groups in total. The maximum atomic E-state index is 12.8. The molecule has 1 aromatic carbocycles. The van der Waals surface area contributed by atoms with Gasteiger partial charge >= 0.3 is 0 Å². The fourth-order valence-corrected chi connectivity index (χ4v) is 2.46. The predicted octanol–water partition coefficient (Wildman–Crippen LogP) is 4.25. The third-order valence-corrected chi connectivity index (χ3v) is 4.02. The van der Waals surface area contributed by atoms with E-state index < -0.39 is 0 Å². The highest BCUT2D eigenvalue weighted by atomic mass is 19.1. The molecular formula is C19H24FN3O. The van der Waals surface area contributed by atoms with Crippen LogP contribution < -0.4 is 10.6 Å². The van der Waals surface area contributed by atoms with E-state index >= 15 is 0 Å². The normalized spacial score (nSPS) is 10.7. The maximum Gasteiger partial charge on any atom is 0.227 e. The molecule has 4 nitrogen and oxygen atoms in total. The van der Waals surface area contributed by atoms with Gasteiger partial charge in [-0.05, 0) is 49.1 Å². The molecular weight excluding hydrogens is 305 g/mol. The second-order valence-corrected chi connectivity index (χ2v) is 5.74. The van der Waals surface area contributed by atoms with Crippen molar-refractivity contribution in [2.75, 3.05) is 17.2 Å². The van der Waals surface area contributed by atoms with Crippen LogP contribution in [0.25, 0.3) is 0 Å². The first-order chi connectivity index (χ1) is 11.6. The number of nitrogens with one attached hydrogen (secondary N) is 2. The highest BCUT2D eigenvalue weighted by Crippen LogP contribution is 2.14. The minimum absolute atomic E-state index is 0.0403. The van der Waals surface area contributed by atoms with Gasteiger partial charge in [-0.1, -0.05) is 26.0 Å². The molecule has 128 valence electrons. The Morgan fingerprint density at radius 2 is 1.83 bits per heavy atom. The van der Waals surface area contributed by atoms with E-state index in [4.69, 9.17) is 0 Å². The summed E-state index contributed by atoms with van der Waals surface area (Å²) in [5, 5.41) is 6.11. The van der Waals surface area contributed by atoms with Gasteiger partial charge in [-0.25, -0.2) is 9.37 Å². The number of benzene rings is 1. The third-order valence-electron chi connectivity index (χ3n) is 4.02. The summed E-state index contributed by atoms with van der Waals surface area (Å²) in [5.41, 5.74) is 1.77. The smallest absolute Gasteiger partial charge is 0.227 e. The van der Waals surface area contributed by atoms with Crippen molar-refractivity contribution in [3.63, 3.8) is 0 Å². The number of aromatic nitrogens is 1. The topological polar surface area (TPSA) is 54.0 Å². The lowest BCUT2D eigenvalue weighted by Gasteiger charge is -2.13. The fourth-order valence-electron chi connectivity index (χ4n) is 2.46. The summed E-state index contributed by atoms with van der Waals surface area (Å²) in [5.74, 6) is 0.606. The van der Waals surface area contributed by atoms with Crippen LogP contribution in [-0.4, -0.2) is 17.4 Å². The van der Waals surface area contributed by atoms with Crippen molar-refractivity contribution in [3.8, 4) is 0 Å². The van der Waals surface area contributed by atoms with E-state index in [1.54, 1.807) is 18.3 Å². The van der Waals surface area contributed by atoms with E-state index in [1.807, 2.05) is 26.0 Å². The number of anilines is 2. The highest BCUT2D eigenvalue weighted by molar-refractivity contribution is 5.92. The summed E-state index contributed by atoms with van der Waals surface area (Å²) in [6, 6.07) is 10.2. The molecule has 2 rings (SSSR count). The molecule has 0 saturated heterocycles. The summed E-state index contributed by atoms with van der Waals surface area (Å²) in [7, 11) is 0. The summed E-state index contributed by atoms with van der Waals surface area (Å²) in [6.45, 7) is 4.73. The van der Waals surface area contributed by atoms with Crippen LogP contribution in [-0.2, 0) is 11.2 Å². The Morgan fingerprint density at radius 1 is 1.12 bits per heavy atom. The SMILES string of the molecule is CCC(CC)C(=O)Nc1ccc(NCCc2ccc(F)cc2)nc1. The molecule has 5 heteroatoms. The molecule has 2 aromatic rings. The molecule has 0 saturated carbocycles. The molecule has 0 unspecified atom stereocenters. The number of nitrogens with zero attached hydrogens (tertiary/aromatic N) is 1. The van der Waals surface area contributed by atoms with Crippen molar-refractivity contribution in [1.29, 1.82) is 0 Å². The Labute approximate surface area is 142 Å². The zero-order valence-electron chi connectivity index (χ0n) is 14.2. The first-order valence-electron chi connectivity index (χ1n) is 8.37. The lowest BCUT2D eigenvalue weighted by Crippen LogP contribution is -2.21. The summed E-state index contributed by atoms with van der Waals surface area (Å²) in [4.78, 5) is 16.3. The Bertz CT molecular complexity index is 637. The summed E-state index contributed by atoms with van der Waals surface area (Å²) < 4.78 is 12.8. The number of carbonyl (C=O) groups excluding carboxylic acids is 1. The largest absolute Gasteiger partial charge is 0.370 e. The van der Waals surface area contributed by atoms with Crippen LogP contribution in [0.15, 0.2) is 42.6 Å². The third kappa shape index (κ3) is 5.33. The Hall–Kier alpha value is -2.43. The van der Waals surface area contributed by atoms with Crippen LogP contribution in [0.3, 0.4) is 0 Å². The van der Waals surface area contributed by atoms with Crippen molar-refractivity contribution in [2.24, 2.45) is 5.92 Å². The average molecular weight is 329 g/mol. The second-order valence-electron chi connectivity index (χ2n) is 5.74. The molecule has 0 atom stereocenters. The van der Waals surface area contributed by atoms with Crippen LogP contribution >= 0.6 is 0 Å². The van der Waals surface area contributed by atoms with Crippen LogP contribution in [0.4, 0.5) is 15.9 Å². The standard InChI is InChI=1S/C19H24FN3O/c1-3-15(4-2)19(24)23-17-9-10-18(22-13-17)21-12-11-14-5-7-16(20)8-6-14/h5-10,13,15H,3-4,11-12H2,1-2H3,(H,21,22)(H,23,24). The molecule has 1 aromatic heterocycles. The minimum atomic E-state index is -0.223. The molecule has 0 fully saturated rings. The molecule has 1 heterocycles. The molecule has 0 radical (unpaired) electrons. The first-order valence-corrected chi connectivity index (χ1v) is 8.37. The van der Waals surface area contributed by atoms with Crippen LogP contribution in [0.2, 0.25) is 0 Å². The van der Waals surface area contributed by atoms with Gasteiger partial charge in [-0.3, -0.25) is 4.79 Å². The van der Waals surface area contributed by atoms with Crippen molar-refractivity contribution < 1.29 is 9.18 Å². The molecule has 0 aliphatic rings. The van der Waals surface area contributed by atoms with E-state index in [0.29, 0.717) is 12.2 Å². The molecule has 0 aliphatic carbocycles. The van der Waals surface area contributed by atoms with E-state index in [2.05, 4.69) is 15.6 Å². The van der Waals surface area contributed by atoms with E-state index in [9.17, 15) is 9.18 Å². The number of rotatable bonds is 8. The molecule has 0 aliphatic heterocycles. The van der Waals surface area contributed by atoms with Gasteiger partial charge in [0.25, 0.3) is 0 Å². The van der Waals surface area contributed by atoms with Gasteiger partial charge in [0.2, 0.25) is 5.91 Å². The van der Waals surface area contributed by atoms with Gasteiger partial charge in [0, 0.05) is 12.5 Å². The van der Waals surface area contributed by atoms with Gasteiger partial charge in [0.1, 0.15) is 11.6 Å².